The summed E-state index contributed by atoms with van der Waals surface area (Å²) in [4.78, 5) is 0. The lowest BCUT2D eigenvalue weighted by Crippen LogP contribution is -2.44. The highest BCUT2D eigenvalue weighted by Gasteiger charge is 2.39. The summed E-state index contributed by atoms with van der Waals surface area (Å²) in [6.07, 6.45) is 0. The summed E-state index contributed by atoms with van der Waals surface area (Å²) in [6, 6.07) is 7.28. The predicted molar refractivity (Wildman–Crippen MR) is 88.5 cm³/mol. The molecule has 0 unspecified atom stereocenters. The van der Waals surface area contributed by atoms with Crippen molar-refractivity contribution in [3.63, 3.8) is 0 Å². The molecule has 1 aromatic rings. The number of hydrogen-bond acceptors (Lipinski definition) is 4. The molecule has 0 radical (unpaired) electrons. The molecular formula is C15H26O4SSi. The lowest BCUT2D eigenvalue weighted by molar-refractivity contribution is 0.337. The highest BCUT2D eigenvalue weighted by molar-refractivity contribution is 7.85. The van der Waals surface area contributed by atoms with Gasteiger partial charge in [0, 0.05) is 5.56 Å². The van der Waals surface area contributed by atoms with E-state index in [-0.39, 0.29) is 17.4 Å². The molecule has 0 aliphatic rings. The van der Waals surface area contributed by atoms with E-state index in [1.54, 1.807) is 13.0 Å². The molecule has 6 heteroatoms. The van der Waals surface area contributed by atoms with E-state index in [4.69, 9.17) is 8.61 Å². The highest BCUT2D eigenvalue weighted by atomic mass is 32.2. The molecule has 0 aliphatic heterocycles. The lowest BCUT2D eigenvalue weighted by atomic mass is 10.2. The topological polar surface area (TPSA) is 52.6 Å². The van der Waals surface area contributed by atoms with Gasteiger partial charge in [-0.1, -0.05) is 39.0 Å². The normalized spacial score (nSPS) is 13.2. The first-order chi connectivity index (χ1) is 9.48. The van der Waals surface area contributed by atoms with Crippen molar-refractivity contribution in [1.29, 1.82) is 0 Å². The van der Waals surface area contributed by atoms with Crippen molar-refractivity contribution in [1.82, 2.24) is 0 Å². The first-order valence-corrected chi connectivity index (χ1v) is 11.6. The molecule has 0 heterocycles. The Morgan fingerprint density at radius 2 is 1.71 bits per heavy atom. The molecule has 1 aromatic carbocycles. The number of benzene rings is 1. The first-order valence-electron chi connectivity index (χ1n) is 7.12. The molecule has 21 heavy (non-hydrogen) atoms. The monoisotopic (exact) mass is 330 g/mol. The van der Waals surface area contributed by atoms with E-state index in [1.807, 2.05) is 18.2 Å². The third-order valence-electron chi connectivity index (χ3n) is 3.77. The summed E-state index contributed by atoms with van der Waals surface area (Å²) in [5, 5.41) is 0.0545. The minimum atomic E-state index is -3.56. The van der Waals surface area contributed by atoms with Crippen molar-refractivity contribution >= 4 is 18.4 Å². The Kier molecular flexibility index (Phi) is 5.63. The van der Waals surface area contributed by atoms with Crippen molar-refractivity contribution < 1.29 is 17.0 Å². The smallest absolute Gasteiger partial charge is 0.271 e. The number of hydrogen-bond donors (Lipinski definition) is 0. The summed E-state index contributed by atoms with van der Waals surface area (Å²) >= 11 is 0. The van der Waals surface area contributed by atoms with Gasteiger partial charge in [-0.2, -0.15) is 8.42 Å². The van der Waals surface area contributed by atoms with Crippen molar-refractivity contribution in [2.24, 2.45) is 0 Å². The first kappa shape index (κ1) is 18.2. The van der Waals surface area contributed by atoms with Crippen LogP contribution in [0.3, 0.4) is 0 Å². The summed E-state index contributed by atoms with van der Waals surface area (Å²) in [5.41, 5.74) is 0.649. The Balaban J connectivity index is 3.06. The maximum atomic E-state index is 11.8. The molecule has 0 aliphatic carbocycles. The SMILES string of the molecule is CCOS(=O)(=O)Cc1ccccc1O[Si](C)(C)C(C)(C)C. The molecule has 0 bridgehead atoms. The molecule has 4 nitrogen and oxygen atoms in total. The van der Waals surface area contributed by atoms with E-state index in [9.17, 15) is 8.42 Å². The molecule has 0 saturated carbocycles. The van der Waals surface area contributed by atoms with Crippen LogP contribution in [0.4, 0.5) is 0 Å². The van der Waals surface area contributed by atoms with Gasteiger partial charge >= 0.3 is 0 Å². The summed E-state index contributed by atoms with van der Waals surface area (Å²) in [5.74, 6) is 0.485. The Bertz CT molecular complexity index is 574. The second-order valence-corrected chi connectivity index (χ2v) is 12.9. The van der Waals surface area contributed by atoms with Gasteiger partial charge in [0.05, 0.1) is 6.61 Å². The number of rotatable bonds is 6. The van der Waals surface area contributed by atoms with Gasteiger partial charge < -0.3 is 4.43 Å². The average Bonchev–Trinajstić information content (AvgIpc) is 2.29. The van der Waals surface area contributed by atoms with Crippen LogP contribution in [0.2, 0.25) is 18.1 Å². The third-order valence-corrected chi connectivity index (χ3v) is 9.38. The zero-order chi connectivity index (χ0) is 16.3. The minimum absolute atomic E-state index is 0.0545. The summed E-state index contributed by atoms with van der Waals surface area (Å²) in [7, 11) is -5.57. The van der Waals surface area contributed by atoms with Gasteiger partial charge in [0.15, 0.2) is 0 Å². The van der Waals surface area contributed by atoms with E-state index >= 15 is 0 Å². The van der Waals surface area contributed by atoms with Crippen LogP contribution in [0.5, 0.6) is 5.75 Å². The van der Waals surface area contributed by atoms with Crippen LogP contribution < -0.4 is 4.43 Å². The molecular weight excluding hydrogens is 304 g/mol. The molecule has 0 aromatic heterocycles. The third kappa shape index (κ3) is 5.12. The Hall–Kier alpha value is -0.853. The van der Waals surface area contributed by atoms with E-state index in [1.165, 1.54) is 0 Å². The van der Waals surface area contributed by atoms with E-state index in [0.29, 0.717) is 11.3 Å². The molecule has 0 spiro atoms. The fourth-order valence-electron chi connectivity index (χ4n) is 1.56. The van der Waals surface area contributed by atoms with Gasteiger partial charge in [-0.3, -0.25) is 4.18 Å². The van der Waals surface area contributed by atoms with Gasteiger partial charge in [-0.15, -0.1) is 0 Å². The van der Waals surface area contributed by atoms with E-state index in [0.717, 1.165) is 0 Å². The van der Waals surface area contributed by atoms with Crippen LogP contribution in [0.1, 0.15) is 33.3 Å². The Morgan fingerprint density at radius 1 is 1.14 bits per heavy atom. The average molecular weight is 331 g/mol. The second-order valence-electron chi connectivity index (χ2n) is 6.58. The van der Waals surface area contributed by atoms with Gasteiger partial charge in [-0.25, -0.2) is 0 Å². The minimum Gasteiger partial charge on any atom is -0.543 e. The van der Waals surface area contributed by atoms with E-state index < -0.39 is 18.4 Å². The van der Waals surface area contributed by atoms with E-state index in [2.05, 4.69) is 33.9 Å². The van der Waals surface area contributed by atoms with Crippen molar-refractivity contribution in [2.45, 2.75) is 51.6 Å². The van der Waals surface area contributed by atoms with Gasteiger partial charge in [0.2, 0.25) is 8.32 Å². The molecule has 0 amide bonds. The zero-order valence-corrected chi connectivity index (χ0v) is 15.6. The summed E-state index contributed by atoms with van der Waals surface area (Å²) in [6.45, 7) is 12.5. The van der Waals surface area contributed by atoms with Crippen molar-refractivity contribution in [3.05, 3.63) is 29.8 Å². The molecule has 0 atom stereocenters. The Morgan fingerprint density at radius 3 is 2.24 bits per heavy atom. The zero-order valence-electron chi connectivity index (χ0n) is 13.8. The highest BCUT2D eigenvalue weighted by Crippen LogP contribution is 2.38. The maximum absolute atomic E-state index is 11.8. The Labute approximate surface area is 129 Å². The lowest BCUT2D eigenvalue weighted by Gasteiger charge is -2.37. The van der Waals surface area contributed by atoms with Crippen LogP contribution in [0, 0.1) is 0 Å². The standard InChI is InChI=1S/C15H26O4SSi/c1-7-18-20(16,17)12-13-10-8-9-11-14(13)19-21(5,6)15(2,3)4/h8-11H,7,12H2,1-6H3. The van der Waals surface area contributed by atoms with Crippen LogP contribution in [0.25, 0.3) is 0 Å². The second kappa shape index (κ2) is 6.50. The largest absolute Gasteiger partial charge is 0.543 e. The fourth-order valence-corrected chi connectivity index (χ4v) is 3.68. The molecule has 0 N–H and O–H groups in total. The van der Waals surface area contributed by atoms with Gasteiger partial charge in [-0.05, 0) is 31.1 Å². The van der Waals surface area contributed by atoms with Crippen molar-refractivity contribution in [3.8, 4) is 5.75 Å². The van der Waals surface area contributed by atoms with Crippen LogP contribution in [-0.2, 0) is 20.1 Å². The summed E-state index contributed by atoms with van der Waals surface area (Å²) < 4.78 is 34.8. The molecule has 0 saturated heterocycles. The van der Waals surface area contributed by atoms with Crippen molar-refractivity contribution in [2.75, 3.05) is 6.61 Å². The predicted octanol–water partition coefficient (Wildman–Crippen LogP) is 3.94. The van der Waals surface area contributed by atoms with Gasteiger partial charge in [0.1, 0.15) is 11.5 Å². The molecule has 120 valence electrons. The molecule has 0 fully saturated rings. The van der Waals surface area contributed by atoms with Gasteiger partial charge in [0.25, 0.3) is 10.1 Å². The van der Waals surface area contributed by atoms with Crippen LogP contribution in [0.15, 0.2) is 24.3 Å². The van der Waals surface area contributed by atoms with Crippen LogP contribution in [-0.4, -0.2) is 23.3 Å². The molecule has 1 rings (SSSR count). The fraction of sp³-hybridized carbons (Fsp3) is 0.600. The number of para-hydroxylation sites is 1. The maximum Gasteiger partial charge on any atom is 0.271 e. The van der Waals surface area contributed by atoms with Crippen LogP contribution >= 0.6 is 0 Å². The quantitative estimate of drug-likeness (QED) is 0.585.